The van der Waals surface area contributed by atoms with Crippen molar-refractivity contribution in [1.29, 1.82) is 0 Å². The molecule has 0 radical (unpaired) electrons. The van der Waals surface area contributed by atoms with Gasteiger partial charge in [-0.15, -0.1) is 0 Å². The molecule has 0 spiro atoms. The minimum absolute atomic E-state index is 0.0291. The Hall–Kier alpha value is -0.220. The minimum atomic E-state index is -0.454. The number of rotatable bonds is 1. The van der Waals surface area contributed by atoms with Crippen molar-refractivity contribution in [2.75, 3.05) is 0 Å². The first-order chi connectivity index (χ1) is 6.24. The van der Waals surface area contributed by atoms with Crippen molar-refractivity contribution >= 4 is 38.3 Å². The Morgan fingerprint density at radius 1 is 1.46 bits per heavy atom. The Morgan fingerprint density at radius 2 is 2.23 bits per heavy atom. The van der Waals surface area contributed by atoms with Crippen LogP contribution in [0.2, 0.25) is 0 Å². The zero-order chi connectivity index (χ0) is 9.42. The van der Waals surface area contributed by atoms with Gasteiger partial charge in [-0.1, -0.05) is 29.8 Å². The lowest BCUT2D eigenvalue weighted by atomic mass is 10.1. The molecule has 1 unspecified atom stereocenters. The van der Waals surface area contributed by atoms with Crippen molar-refractivity contribution in [2.45, 2.75) is 11.5 Å². The maximum Gasteiger partial charge on any atom is 0.0830 e. The molecule has 0 aromatic heterocycles. The molecular formula is C9H7ClOS2. The van der Waals surface area contributed by atoms with E-state index in [1.807, 2.05) is 24.3 Å². The van der Waals surface area contributed by atoms with E-state index in [2.05, 4.69) is 0 Å². The molecule has 0 amide bonds. The van der Waals surface area contributed by atoms with E-state index in [1.165, 1.54) is 0 Å². The van der Waals surface area contributed by atoms with Gasteiger partial charge in [-0.05, 0) is 37.8 Å². The Labute approximate surface area is 88.6 Å². The molecule has 0 aliphatic carbocycles. The Balaban J connectivity index is 2.65. The number of benzene rings is 1. The molecule has 4 heteroatoms. The molecule has 1 heterocycles. The summed E-state index contributed by atoms with van der Waals surface area (Å²) in [6.07, 6.45) is 1.88. The smallest absolute Gasteiger partial charge is 0.0830 e. The SMILES string of the molecule is OCc1cccc2c1S(=S)C(Cl)=C2. The van der Waals surface area contributed by atoms with Crippen molar-refractivity contribution in [2.24, 2.45) is 0 Å². The van der Waals surface area contributed by atoms with Gasteiger partial charge in [-0.3, -0.25) is 0 Å². The van der Waals surface area contributed by atoms with E-state index < -0.39 is 9.45 Å². The molecular weight excluding hydrogens is 224 g/mol. The first-order valence-electron chi connectivity index (χ1n) is 3.76. The van der Waals surface area contributed by atoms with Gasteiger partial charge in [0.25, 0.3) is 0 Å². The van der Waals surface area contributed by atoms with Crippen LogP contribution in [0.3, 0.4) is 0 Å². The normalized spacial score (nSPS) is 19.8. The number of aliphatic hydroxyl groups excluding tert-OH is 1. The zero-order valence-electron chi connectivity index (χ0n) is 6.66. The third-order valence-corrected chi connectivity index (χ3v) is 5.15. The topological polar surface area (TPSA) is 20.2 Å². The summed E-state index contributed by atoms with van der Waals surface area (Å²) in [5.74, 6) is 0. The first-order valence-corrected chi connectivity index (χ1v) is 6.28. The molecule has 1 aliphatic heterocycles. The third kappa shape index (κ3) is 1.46. The van der Waals surface area contributed by atoms with Crippen molar-refractivity contribution in [3.05, 3.63) is 33.7 Å². The number of hydrogen-bond acceptors (Lipinski definition) is 2. The summed E-state index contributed by atoms with van der Waals surface area (Å²) < 4.78 is 0.700. The minimum Gasteiger partial charge on any atom is -0.392 e. The number of aliphatic hydroxyl groups is 1. The highest BCUT2D eigenvalue weighted by atomic mass is 35.5. The molecule has 0 saturated heterocycles. The van der Waals surface area contributed by atoms with Crippen LogP contribution in [0.15, 0.2) is 27.5 Å². The van der Waals surface area contributed by atoms with Crippen molar-refractivity contribution < 1.29 is 5.11 Å². The molecule has 0 saturated carbocycles. The second-order valence-electron chi connectivity index (χ2n) is 2.71. The fraction of sp³-hybridized carbons (Fsp3) is 0.111. The van der Waals surface area contributed by atoms with Crippen LogP contribution < -0.4 is 0 Å². The number of fused-ring (bicyclic) bond motifs is 1. The summed E-state index contributed by atoms with van der Waals surface area (Å²) in [5.41, 5.74) is 1.94. The van der Waals surface area contributed by atoms with Crippen LogP contribution in [0.4, 0.5) is 0 Å². The van der Waals surface area contributed by atoms with Crippen molar-refractivity contribution in [3.8, 4) is 0 Å². The second kappa shape index (κ2) is 3.50. The van der Waals surface area contributed by atoms with Gasteiger partial charge >= 0.3 is 0 Å². The van der Waals surface area contributed by atoms with Crippen LogP contribution in [-0.2, 0) is 27.2 Å². The second-order valence-corrected chi connectivity index (χ2v) is 5.73. The van der Waals surface area contributed by atoms with Gasteiger partial charge in [-0.2, -0.15) is 0 Å². The molecule has 1 aromatic carbocycles. The summed E-state index contributed by atoms with van der Waals surface area (Å²) in [5, 5.41) is 9.10. The predicted octanol–water partition coefficient (Wildman–Crippen LogP) is 2.17. The first kappa shape index (κ1) is 9.34. The van der Waals surface area contributed by atoms with Crippen molar-refractivity contribution in [1.82, 2.24) is 0 Å². The van der Waals surface area contributed by atoms with Gasteiger partial charge < -0.3 is 5.11 Å². The van der Waals surface area contributed by atoms with Crippen LogP contribution in [0.1, 0.15) is 11.1 Å². The van der Waals surface area contributed by atoms with Gasteiger partial charge in [0.15, 0.2) is 0 Å². The molecule has 1 atom stereocenters. The highest BCUT2D eigenvalue weighted by Gasteiger charge is 2.18. The van der Waals surface area contributed by atoms with E-state index in [1.54, 1.807) is 0 Å². The van der Waals surface area contributed by atoms with E-state index in [9.17, 15) is 0 Å². The molecule has 1 nitrogen and oxygen atoms in total. The summed E-state index contributed by atoms with van der Waals surface area (Å²) in [7, 11) is -0.454. The van der Waals surface area contributed by atoms with Crippen molar-refractivity contribution in [3.63, 3.8) is 0 Å². The summed E-state index contributed by atoms with van der Waals surface area (Å²) in [6, 6.07) is 5.76. The maximum atomic E-state index is 9.10. The van der Waals surface area contributed by atoms with Crippen LogP contribution in [0, 0.1) is 0 Å². The van der Waals surface area contributed by atoms with Gasteiger partial charge in [0, 0.05) is 4.90 Å². The van der Waals surface area contributed by atoms with E-state index in [4.69, 9.17) is 27.9 Å². The quantitative estimate of drug-likeness (QED) is 0.798. The van der Waals surface area contributed by atoms with Gasteiger partial charge in [0.2, 0.25) is 0 Å². The number of hydrogen-bond donors (Lipinski definition) is 1. The fourth-order valence-corrected chi connectivity index (χ4v) is 3.59. The molecule has 1 N–H and O–H groups in total. The summed E-state index contributed by atoms with van der Waals surface area (Å²) in [4.78, 5) is 1.02. The molecule has 1 aromatic rings. The lowest BCUT2D eigenvalue weighted by molar-refractivity contribution is 0.279. The average molecular weight is 231 g/mol. The van der Waals surface area contributed by atoms with Crippen LogP contribution in [0.5, 0.6) is 0 Å². The largest absolute Gasteiger partial charge is 0.392 e. The molecule has 0 bridgehead atoms. The number of halogens is 1. The fourth-order valence-electron chi connectivity index (χ4n) is 1.34. The molecule has 0 fully saturated rings. The monoisotopic (exact) mass is 230 g/mol. The highest BCUT2D eigenvalue weighted by molar-refractivity contribution is 8.32. The van der Waals surface area contributed by atoms with Crippen LogP contribution >= 0.6 is 11.6 Å². The Kier molecular flexibility index (Phi) is 2.51. The van der Waals surface area contributed by atoms with Crippen LogP contribution in [-0.4, -0.2) is 5.11 Å². The van der Waals surface area contributed by atoms with Gasteiger partial charge in [0.1, 0.15) is 0 Å². The van der Waals surface area contributed by atoms with E-state index >= 15 is 0 Å². The zero-order valence-corrected chi connectivity index (χ0v) is 9.05. The highest BCUT2D eigenvalue weighted by Crippen LogP contribution is 2.34. The predicted molar refractivity (Wildman–Crippen MR) is 59.2 cm³/mol. The van der Waals surface area contributed by atoms with Crippen LogP contribution in [0.25, 0.3) is 6.08 Å². The maximum absolute atomic E-state index is 9.10. The summed E-state index contributed by atoms with van der Waals surface area (Å²) >= 11 is 11.2. The molecule has 68 valence electrons. The molecule has 2 rings (SSSR count). The van der Waals surface area contributed by atoms with Gasteiger partial charge in [-0.25, -0.2) is 0 Å². The summed E-state index contributed by atoms with van der Waals surface area (Å²) in [6.45, 7) is 0.0291. The average Bonchev–Trinajstić information content (AvgIpc) is 2.43. The van der Waals surface area contributed by atoms with Gasteiger partial charge in [0.05, 0.1) is 11.0 Å². The van der Waals surface area contributed by atoms with E-state index in [0.717, 1.165) is 16.0 Å². The lowest BCUT2D eigenvalue weighted by Gasteiger charge is -2.05. The Bertz CT molecular complexity index is 412. The Morgan fingerprint density at radius 3 is 2.92 bits per heavy atom. The lowest BCUT2D eigenvalue weighted by Crippen LogP contribution is -1.94. The molecule has 13 heavy (non-hydrogen) atoms. The molecule has 1 aliphatic rings. The van der Waals surface area contributed by atoms with E-state index in [-0.39, 0.29) is 6.61 Å². The third-order valence-electron chi connectivity index (χ3n) is 1.93. The standard InChI is InChI=1S/C9H7ClOS2/c10-8-4-6-2-1-3-7(5-11)9(6)13(8)12/h1-4,11H,5H2. The van der Waals surface area contributed by atoms with E-state index in [0.29, 0.717) is 4.36 Å².